The Labute approximate surface area is 172 Å². The van der Waals surface area contributed by atoms with Crippen LogP contribution >= 0.6 is 0 Å². The predicted molar refractivity (Wildman–Crippen MR) is 111 cm³/mol. The third-order valence-electron chi connectivity index (χ3n) is 4.63. The predicted octanol–water partition coefficient (Wildman–Crippen LogP) is 2.22. The number of hydrogen-bond acceptors (Lipinski definition) is 6. The molecule has 8 heteroatoms. The molecule has 0 saturated carbocycles. The van der Waals surface area contributed by atoms with Crippen molar-refractivity contribution in [3.05, 3.63) is 90.8 Å². The summed E-state index contributed by atoms with van der Waals surface area (Å²) in [5, 5.41) is 8.94. The molecule has 0 amide bonds. The third-order valence-corrected chi connectivity index (χ3v) is 4.63. The van der Waals surface area contributed by atoms with E-state index in [9.17, 15) is 14.4 Å². The van der Waals surface area contributed by atoms with Crippen LogP contribution < -0.4 is 11.2 Å². The normalized spacial score (nSPS) is 10.8. The molecule has 0 aliphatic rings. The van der Waals surface area contributed by atoms with Crippen molar-refractivity contribution in [1.82, 2.24) is 19.5 Å². The number of nitrogens with one attached hydrogen (secondary N) is 1. The van der Waals surface area contributed by atoms with Crippen molar-refractivity contribution in [3.8, 4) is 6.07 Å². The van der Waals surface area contributed by atoms with Crippen LogP contribution in [-0.4, -0.2) is 25.3 Å². The van der Waals surface area contributed by atoms with E-state index in [-0.39, 0.29) is 29.4 Å². The number of nitrogens with zero attached hydrogens (tertiary/aromatic N) is 4. The smallest absolute Gasteiger partial charge is 0.285 e. The van der Waals surface area contributed by atoms with Gasteiger partial charge in [0.25, 0.3) is 5.56 Å². The summed E-state index contributed by atoms with van der Waals surface area (Å²) >= 11 is 0. The quantitative estimate of drug-likeness (QED) is 0.652. The number of aromatic amines is 1. The highest BCUT2D eigenvalue weighted by atomic mass is 16.2. The SMILES string of the molecule is Cc1cc(C)nc(C(=O)c2c(C(C)C)c(=O)[nH]c(=O)n2Cc2ccc(C#N)cn2)c1. The Bertz CT molecular complexity index is 1260. The van der Waals surface area contributed by atoms with Gasteiger partial charge in [0.2, 0.25) is 5.78 Å². The van der Waals surface area contributed by atoms with E-state index < -0.39 is 17.0 Å². The van der Waals surface area contributed by atoms with Crippen molar-refractivity contribution in [1.29, 1.82) is 5.26 Å². The van der Waals surface area contributed by atoms with E-state index in [4.69, 9.17) is 5.26 Å². The Kier molecular flexibility index (Phi) is 5.74. The van der Waals surface area contributed by atoms with Crippen molar-refractivity contribution in [2.45, 2.75) is 40.2 Å². The lowest BCUT2D eigenvalue weighted by Crippen LogP contribution is -2.38. The Hall–Kier alpha value is -3.86. The van der Waals surface area contributed by atoms with E-state index >= 15 is 0 Å². The van der Waals surface area contributed by atoms with Gasteiger partial charge < -0.3 is 0 Å². The van der Waals surface area contributed by atoms with Gasteiger partial charge >= 0.3 is 5.69 Å². The number of pyridine rings is 2. The van der Waals surface area contributed by atoms with Gasteiger partial charge in [-0.15, -0.1) is 0 Å². The van der Waals surface area contributed by atoms with Crippen LogP contribution in [-0.2, 0) is 6.54 Å². The minimum absolute atomic E-state index is 0.00223. The van der Waals surface area contributed by atoms with Gasteiger partial charge in [0.15, 0.2) is 0 Å². The fourth-order valence-corrected chi connectivity index (χ4v) is 3.34. The number of aromatic nitrogens is 4. The van der Waals surface area contributed by atoms with Crippen LogP contribution in [0.4, 0.5) is 0 Å². The van der Waals surface area contributed by atoms with E-state index in [2.05, 4.69) is 15.0 Å². The van der Waals surface area contributed by atoms with Crippen LogP contribution in [0.1, 0.15) is 64.0 Å². The lowest BCUT2D eigenvalue weighted by atomic mass is 9.98. The molecule has 0 bridgehead atoms. The average Bonchev–Trinajstić information content (AvgIpc) is 2.68. The standard InChI is InChI=1S/C22H21N5O3/c1-12(2)18-19(20(28)17-8-13(3)7-14(4)25-17)27(22(30)26-21(18)29)11-16-6-5-15(9-23)10-24-16/h5-8,10,12H,11H2,1-4H3,(H,26,29,30). The van der Waals surface area contributed by atoms with Gasteiger partial charge in [0, 0.05) is 17.5 Å². The fourth-order valence-electron chi connectivity index (χ4n) is 3.34. The zero-order chi connectivity index (χ0) is 22.0. The summed E-state index contributed by atoms with van der Waals surface area (Å²) in [5.74, 6) is -0.804. The van der Waals surface area contributed by atoms with Crippen LogP contribution in [0, 0.1) is 25.2 Å². The molecule has 30 heavy (non-hydrogen) atoms. The minimum Gasteiger partial charge on any atom is -0.285 e. The van der Waals surface area contributed by atoms with Crippen molar-refractivity contribution in [2.75, 3.05) is 0 Å². The number of carbonyl (C=O) groups excluding carboxylic acids is 1. The summed E-state index contributed by atoms with van der Waals surface area (Å²) in [5.41, 5.74) is 1.46. The number of H-pyrrole nitrogens is 1. The Morgan fingerprint density at radius 2 is 1.97 bits per heavy atom. The second-order valence-corrected chi connectivity index (χ2v) is 7.41. The van der Waals surface area contributed by atoms with Crippen LogP contribution in [0.2, 0.25) is 0 Å². The van der Waals surface area contributed by atoms with Crippen molar-refractivity contribution < 1.29 is 4.79 Å². The lowest BCUT2D eigenvalue weighted by molar-refractivity contribution is 0.102. The molecule has 0 spiro atoms. The fraction of sp³-hybridized carbons (Fsp3) is 0.273. The summed E-state index contributed by atoms with van der Waals surface area (Å²) in [6, 6.07) is 8.64. The maximum Gasteiger partial charge on any atom is 0.329 e. The van der Waals surface area contributed by atoms with Gasteiger partial charge in [-0.2, -0.15) is 5.26 Å². The zero-order valence-electron chi connectivity index (χ0n) is 17.2. The van der Waals surface area contributed by atoms with Crippen molar-refractivity contribution in [2.24, 2.45) is 0 Å². The number of rotatable bonds is 5. The molecule has 1 N–H and O–H groups in total. The second kappa shape index (κ2) is 8.25. The molecule has 3 rings (SSSR count). The molecule has 3 aromatic rings. The average molecular weight is 403 g/mol. The number of aryl methyl sites for hydroxylation is 2. The van der Waals surface area contributed by atoms with Gasteiger partial charge in [-0.3, -0.25) is 24.1 Å². The molecule has 0 atom stereocenters. The van der Waals surface area contributed by atoms with E-state index in [1.165, 1.54) is 10.8 Å². The Morgan fingerprint density at radius 1 is 1.23 bits per heavy atom. The molecular weight excluding hydrogens is 382 g/mol. The van der Waals surface area contributed by atoms with Crippen LogP contribution in [0.15, 0.2) is 40.1 Å². The van der Waals surface area contributed by atoms with Gasteiger partial charge in [0.1, 0.15) is 17.5 Å². The van der Waals surface area contributed by atoms with Crippen LogP contribution in [0.3, 0.4) is 0 Å². The molecule has 0 aromatic carbocycles. The summed E-state index contributed by atoms with van der Waals surface area (Å²) < 4.78 is 1.22. The van der Waals surface area contributed by atoms with Gasteiger partial charge in [0.05, 0.1) is 17.8 Å². The first kappa shape index (κ1) is 20.9. The van der Waals surface area contributed by atoms with Gasteiger partial charge in [-0.25, -0.2) is 9.78 Å². The molecule has 0 unspecified atom stereocenters. The summed E-state index contributed by atoms with van der Waals surface area (Å²) in [6.45, 7) is 7.15. The van der Waals surface area contributed by atoms with Crippen LogP contribution in [0.25, 0.3) is 0 Å². The molecule has 0 fully saturated rings. The molecule has 152 valence electrons. The third kappa shape index (κ3) is 4.10. The van der Waals surface area contributed by atoms with E-state index in [0.717, 1.165) is 5.56 Å². The zero-order valence-corrected chi connectivity index (χ0v) is 17.2. The highest BCUT2D eigenvalue weighted by Crippen LogP contribution is 2.19. The van der Waals surface area contributed by atoms with Gasteiger partial charge in [-0.05, 0) is 49.6 Å². The highest BCUT2D eigenvalue weighted by molar-refractivity contribution is 6.07. The van der Waals surface area contributed by atoms with Crippen molar-refractivity contribution in [3.63, 3.8) is 0 Å². The highest BCUT2D eigenvalue weighted by Gasteiger charge is 2.25. The first-order valence-electron chi connectivity index (χ1n) is 9.43. The first-order valence-corrected chi connectivity index (χ1v) is 9.43. The summed E-state index contributed by atoms with van der Waals surface area (Å²) in [6.07, 6.45) is 1.39. The largest absolute Gasteiger partial charge is 0.329 e. The molecular formula is C22H21N5O3. The Morgan fingerprint density at radius 3 is 2.53 bits per heavy atom. The molecule has 0 aliphatic heterocycles. The van der Waals surface area contributed by atoms with E-state index in [1.807, 2.05) is 19.1 Å². The monoisotopic (exact) mass is 403 g/mol. The maximum atomic E-state index is 13.5. The molecule has 3 aromatic heterocycles. The number of ketones is 1. The van der Waals surface area contributed by atoms with Crippen molar-refractivity contribution >= 4 is 5.78 Å². The van der Waals surface area contributed by atoms with Gasteiger partial charge in [-0.1, -0.05) is 13.8 Å². The number of nitriles is 1. The van der Waals surface area contributed by atoms with E-state index in [0.29, 0.717) is 17.0 Å². The van der Waals surface area contributed by atoms with Crippen LogP contribution in [0.5, 0.6) is 0 Å². The summed E-state index contributed by atoms with van der Waals surface area (Å²) in [4.78, 5) is 49.5. The second-order valence-electron chi connectivity index (χ2n) is 7.41. The number of hydrogen-bond donors (Lipinski definition) is 1. The number of carbonyl (C=O) groups is 1. The minimum atomic E-state index is -0.705. The molecule has 0 aliphatic carbocycles. The molecule has 3 heterocycles. The maximum absolute atomic E-state index is 13.5. The topological polar surface area (TPSA) is 121 Å². The lowest BCUT2D eigenvalue weighted by Gasteiger charge is -2.17. The first-order chi connectivity index (χ1) is 14.2. The molecule has 0 radical (unpaired) electrons. The summed E-state index contributed by atoms with van der Waals surface area (Å²) in [7, 11) is 0. The molecule has 0 saturated heterocycles. The Balaban J connectivity index is 2.25. The van der Waals surface area contributed by atoms with E-state index in [1.54, 1.807) is 39.0 Å². The molecule has 8 nitrogen and oxygen atoms in total.